The van der Waals surface area contributed by atoms with Crippen LogP contribution in [0.4, 0.5) is 4.79 Å². The van der Waals surface area contributed by atoms with Crippen molar-refractivity contribution in [2.75, 3.05) is 25.1 Å². The molecule has 2 aliphatic rings. The van der Waals surface area contributed by atoms with E-state index in [4.69, 9.17) is 0 Å². The van der Waals surface area contributed by atoms with E-state index in [2.05, 4.69) is 5.32 Å². The minimum atomic E-state index is -3.10. The van der Waals surface area contributed by atoms with Crippen molar-refractivity contribution < 1.29 is 22.8 Å². The highest BCUT2D eigenvalue weighted by atomic mass is 32.2. The molecule has 1 atom stereocenters. The molecule has 0 aromatic rings. The van der Waals surface area contributed by atoms with Crippen LogP contribution in [0, 0.1) is 0 Å². The van der Waals surface area contributed by atoms with Crippen LogP contribution in [0.5, 0.6) is 0 Å². The fourth-order valence-corrected chi connectivity index (χ4v) is 4.85. The van der Waals surface area contributed by atoms with Gasteiger partial charge in [-0.25, -0.2) is 13.2 Å². The Kier molecular flexibility index (Phi) is 4.70. The predicted octanol–water partition coefficient (Wildman–Crippen LogP) is -0.257. The van der Waals surface area contributed by atoms with Gasteiger partial charge in [-0.1, -0.05) is 13.8 Å². The van der Waals surface area contributed by atoms with Gasteiger partial charge >= 0.3 is 6.03 Å². The van der Waals surface area contributed by atoms with Gasteiger partial charge in [0.05, 0.1) is 11.5 Å². The van der Waals surface area contributed by atoms with Crippen LogP contribution in [-0.4, -0.2) is 72.7 Å². The van der Waals surface area contributed by atoms with Crippen molar-refractivity contribution in [3.63, 3.8) is 0 Å². The molecular weight excluding hydrogens is 322 g/mol. The van der Waals surface area contributed by atoms with E-state index in [-0.39, 0.29) is 18.1 Å². The third-order valence-electron chi connectivity index (χ3n) is 4.90. The number of carbonyl (C=O) groups excluding carboxylic acids is 3. The minimum absolute atomic E-state index is 0.0627. The van der Waals surface area contributed by atoms with Gasteiger partial charge in [-0.3, -0.25) is 14.5 Å². The molecule has 4 amide bonds. The molecule has 0 unspecified atom stereocenters. The van der Waals surface area contributed by atoms with Crippen LogP contribution in [0.2, 0.25) is 0 Å². The Morgan fingerprint density at radius 3 is 2.39 bits per heavy atom. The van der Waals surface area contributed by atoms with Crippen molar-refractivity contribution in [3.05, 3.63) is 0 Å². The lowest BCUT2D eigenvalue weighted by Gasteiger charge is -2.26. The summed E-state index contributed by atoms with van der Waals surface area (Å²) in [6.45, 7) is 3.25. The smallest absolute Gasteiger partial charge is 0.325 e. The molecule has 2 aliphatic heterocycles. The Morgan fingerprint density at radius 1 is 1.35 bits per heavy atom. The summed E-state index contributed by atoms with van der Waals surface area (Å²) in [6.07, 6.45) is 1.30. The second-order valence-electron chi connectivity index (χ2n) is 6.17. The number of sulfone groups is 1. The van der Waals surface area contributed by atoms with Crippen LogP contribution in [0.25, 0.3) is 0 Å². The number of hydrogen-bond donors (Lipinski definition) is 1. The van der Waals surface area contributed by atoms with Gasteiger partial charge in [-0.15, -0.1) is 0 Å². The second kappa shape index (κ2) is 6.10. The molecule has 0 bridgehead atoms. The van der Waals surface area contributed by atoms with Crippen LogP contribution < -0.4 is 5.32 Å². The molecule has 2 fully saturated rings. The highest BCUT2D eigenvalue weighted by Crippen LogP contribution is 2.25. The number of nitrogens with one attached hydrogen (secondary N) is 1. The molecule has 8 nitrogen and oxygen atoms in total. The molecule has 1 N–H and O–H groups in total. The molecular formula is C14H23N3O5S. The highest BCUT2D eigenvalue weighted by Gasteiger charge is 2.49. The van der Waals surface area contributed by atoms with Gasteiger partial charge in [0, 0.05) is 13.1 Å². The molecule has 0 radical (unpaired) electrons. The summed E-state index contributed by atoms with van der Waals surface area (Å²) in [6, 6.07) is -0.963. The number of likely N-dealkylation sites (N-methyl/N-ethyl adjacent to an activating group) is 1. The lowest BCUT2D eigenvalue weighted by molar-refractivity contribution is -0.139. The standard InChI is InChI=1S/C14H23N3O5S/c1-4-14(5-2)12(19)17(13(20)15-14)8-11(18)16(3)10-6-7-23(21,22)9-10/h10H,4-9H2,1-3H3,(H,15,20)/t10-/m1/s1. The normalized spacial score (nSPS) is 25.5. The van der Waals surface area contributed by atoms with Crippen LogP contribution >= 0.6 is 0 Å². The van der Waals surface area contributed by atoms with E-state index in [1.165, 1.54) is 11.9 Å². The monoisotopic (exact) mass is 345 g/mol. The number of carbonyl (C=O) groups is 3. The molecule has 0 aliphatic carbocycles. The third-order valence-corrected chi connectivity index (χ3v) is 6.65. The maximum absolute atomic E-state index is 12.5. The zero-order valence-corrected chi connectivity index (χ0v) is 14.5. The lowest BCUT2D eigenvalue weighted by Crippen LogP contribution is -2.48. The molecule has 0 saturated carbocycles. The van der Waals surface area contributed by atoms with Crippen molar-refractivity contribution in [1.82, 2.24) is 15.1 Å². The van der Waals surface area contributed by atoms with Crippen molar-refractivity contribution in [2.24, 2.45) is 0 Å². The van der Waals surface area contributed by atoms with E-state index in [0.29, 0.717) is 19.3 Å². The predicted molar refractivity (Wildman–Crippen MR) is 83.4 cm³/mol. The van der Waals surface area contributed by atoms with Gasteiger partial charge in [0.25, 0.3) is 5.91 Å². The first-order valence-corrected chi connectivity index (χ1v) is 9.58. The van der Waals surface area contributed by atoms with Gasteiger partial charge in [0.2, 0.25) is 5.91 Å². The summed E-state index contributed by atoms with van der Waals surface area (Å²) < 4.78 is 23.0. The first-order valence-electron chi connectivity index (χ1n) is 7.76. The quantitative estimate of drug-likeness (QED) is 0.692. The molecule has 2 saturated heterocycles. The van der Waals surface area contributed by atoms with E-state index in [1.807, 2.05) is 13.8 Å². The summed E-state index contributed by atoms with van der Waals surface area (Å²) in [5.74, 6) is -0.830. The summed E-state index contributed by atoms with van der Waals surface area (Å²) in [5.41, 5.74) is -0.938. The largest absolute Gasteiger partial charge is 0.340 e. The first kappa shape index (κ1) is 17.7. The number of rotatable bonds is 5. The second-order valence-corrected chi connectivity index (χ2v) is 8.40. The maximum atomic E-state index is 12.5. The lowest BCUT2D eigenvalue weighted by atomic mass is 9.93. The summed E-state index contributed by atoms with van der Waals surface area (Å²) in [7, 11) is -1.59. The Labute approximate surface area is 136 Å². The SMILES string of the molecule is CCC1(CC)NC(=O)N(CC(=O)N(C)[C@@H]2CCS(=O)(=O)C2)C1=O. The summed E-state index contributed by atoms with van der Waals surface area (Å²) in [5, 5.41) is 2.66. The first-order chi connectivity index (χ1) is 10.7. The fraction of sp³-hybridized carbons (Fsp3) is 0.786. The van der Waals surface area contributed by atoms with Crippen LogP contribution in [0.3, 0.4) is 0 Å². The van der Waals surface area contributed by atoms with Gasteiger partial charge in [-0.2, -0.15) is 0 Å². The zero-order chi connectivity index (χ0) is 17.4. The van der Waals surface area contributed by atoms with E-state index in [1.54, 1.807) is 0 Å². The number of urea groups is 1. The summed E-state index contributed by atoms with van der Waals surface area (Å²) >= 11 is 0. The third kappa shape index (κ3) is 3.19. The molecule has 2 rings (SSSR count). The molecule has 23 heavy (non-hydrogen) atoms. The Balaban J connectivity index is 2.06. The van der Waals surface area contributed by atoms with Crippen molar-refractivity contribution in [2.45, 2.75) is 44.7 Å². The average molecular weight is 345 g/mol. The average Bonchev–Trinajstić information content (AvgIpc) is 2.98. The van der Waals surface area contributed by atoms with Crippen molar-refractivity contribution >= 4 is 27.7 Å². The fourth-order valence-electron chi connectivity index (χ4n) is 3.08. The van der Waals surface area contributed by atoms with E-state index < -0.39 is 39.3 Å². The number of hydrogen-bond acceptors (Lipinski definition) is 5. The molecule has 0 spiro atoms. The van der Waals surface area contributed by atoms with E-state index in [9.17, 15) is 22.8 Å². The minimum Gasteiger partial charge on any atom is -0.340 e. The van der Waals surface area contributed by atoms with Gasteiger partial charge in [0.1, 0.15) is 12.1 Å². The molecule has 0 aromatic heterocycles. The number of imide groups is 1. The van der Waals surface area contributed by atoms with Crippen LogP contribution in [0.15, 0.2) is 0 Å². The van der Waals surface area contributed by atoms with E-state index in [0.717, 1.165) is 4.90 Å². The van der Waals surface area contributed by atoms with Crippen molar-refractivity contribution in [3.8, 4) is 0 Å². The van der Waals surface area contributed by atoms with Gasteiger partial charge in [-0.05, 0) is 19.3 Å². The maximum Gasteiger partial charge on any atom is 0.325 e. The Bertz CT molecular complexity index is 626. The Hall–Kier alpha value is -1.64. The number of amides is 4. The van der Waals surface area contributed by atoms with Crippen molar-refractivity contribution in [1.29, 1.82) is 0 Å². The van der Waals surface area contributed by atoms with Crippen LogP contribution in [-0.2, 0) is 19.4 Å². The molecule has 0 aromatic carbocycles. The molecule has 9 heteroatoms. The highest BCUT2D eigenvalue weighted by molar-refractivity contribution is 7.91. The van der Waals surface area contributed by atoms with Gasteiger partial charge in [0.15, 0.2) is 9.84 Å². The zero-order valence-electron chi connectivity index (χ0n) is 13.7. The molecule has 130 valence electrons. The van der Waals surface area contributed by atoms with E-state index >= 15 is 0 Å². The van der Waals surface area contributed by atoms with Gasteiger partial charge < -0.3 is 10.2 Å². The molecule has 2 heterocycles. The summed E-state index contributed by atoms with van der Waals surface area (Å²) in [4.78, 5) is 39.1. The van der Waals surface area contributed by atoms with Crippen LogP contribution in [0.1, 0.15) is 33.1 Å². The Morgan fingerprint density at radius 2 is 1.96 bits per heavy atom. The topological polar surface area (TPSA) is 104 Å². The number of nitrogens with zero attached hydrogens (tertiary/aromatic N) is 2.